The van der Waals surface area contributed by atoms with Gasteiger partial charge in [0.05, 0.1) is 11.6 Å². The Bertz CT molecular complexity index is 523. The molecule has 2 fully saturated rings. The van der Waals surface area contributed by atoms with E-state index in [1.54, 1.807) is 24.3 Å². The number of nitrogens with zero attached hydrogens (tertiary/aromatic N) is 2. The number of nitriles is 1. The van der Waals surface area contributed by atoms with Crippen LogP contribution in [0, 0.1) is 23.2 Å². The van der Waals surface area contributed by atoms with Crippen LogP contribution in [0.3, 0.4) is 0 Å². The van der Waals surface area contributed by atoms with Gasteiger partial charge in [-0.3, -0.25) is 4.79 Å². The van der Waals surface area contributed by atoms with E-state index in [9.17, 15) is 4.79 Å². The molecule has 20 heavy (non-hydrogen) atoms. The Morgan fingerprint density at radius 3 is 2.65 bits per heavy atom. The van der Waals surface area contributed by atoms with Gasteiger partial charge in [0.25, 0.3) is 5.91 Å². The molecule has 2 saturated heterocycles. The molecule has 2 heterocycles. The molecule has 2 aliphatic heterocycles. The lowest BCUT2D eigenvalue weighted by molar-refractivity contribution is 0.0642. The lowest BCUT2D eigenvalue weighted by atomic mass is 9.88. The summed E-state index contributed by atoms with van der Waals surface area (Å²) in [6, 6.07) is 8.98. The molecule has 2 atom stereocenters. The molecular formula is C15H18ClN3O. The van der Waals surface area contributed by atoms with Crippen molar-refractivity contribution in [3.63, 3.8) is 0 Å². The van der Waals surface area contributed by atoms with Crippen molar-refractivity contribution in [3.05, 3.63) is 35.4 Å². The third kappa shape index (κ3) is 2.79. The molecule has 0 bridgehead atoms. The molecule has 106 valence electrons. The van der Waals surface area contributed by atoms with Crippen molar-refractivity contribution in [3.8, 4) is 6.07 Å². The van der Waals surface area contributed by atoms with Crippen LogP contribution >= 0.6 is 12.4 Å². The first-order valence-electron chi connectivity index (χ1n) is 6.78. The van der Waals surface area contributed by atoms with Gasteiger partial charge < -0.3 is 10.2 Å². The molecule has 0 aliphatic carbocycles. The van der Waals surface area contributed by atoms with Gasteiger partial charge in [-0.15, -0.1) is 12.4 Å². The lowest BCUT2D eigenvalue weighted by Gasteiger charge is -2.34. The number of rotatable bonds is 1. The second-order valence-electron chi connectivity index (χ2n) is 5.41. The number of fused-ring (bicyclic) bond motifs is 1. The summed E-state index contributed by atoms with van der Waals surface area (Å²) in [4.78, 5) is 14.4. The molecular weight excluding hydrogens is 274 g/mol. The van der Waals surface area contributed by atoms with E-state index in [1.165, 1.54) is 0 Å². The first kappa shape index (κ1) is 14.8. The maximum Gasteiger partial charge on any atom is 0.253 e. The first-order chi connectivity index (χ1) is 9.28. The fourth-order valence-electron chi connectivity index (χ4n) is 3.09. The third-order valence-corrected chi connectivity index (χ3v) is 4.25. The number of likely N-dealkylation sites (tertiary alicyclic amines) is 1. The van der Waals surface area contributed by atoms with E-state index in [1.807, 2.05) is 4.90 Å². The standard InChI is InChI=1S/C15H17N3O.ClH/c16-7-11-1-3-12(4-2-11)15(19)18-6-5-13-8-17-9-14(13)10-18;/h1-4,13-14,17H,5-6,8-10H2;1H. The summed E-state index contributed by atoms with van der Waals surface area (Å²) < 4.78 is 0. The number of hydrogen-bond acceptors (Lipinski definition) is 3. The zero-order valence-corrected chi connectivity index (χ0v) is 12.0. The monoisotopic (exact) mass is 291 g/mol. The van der Waals surface area contributed by atoms with Crippen molar-refractivity contribution in [1.82, 2.24) is 10.2 Å². The molecule has 3 rings (SSSR count). The molecule has 5 heteroatoms. The summed E-state index contributed by atoms with van der Waals surface area (Å²) in [7, 11) is 0. The number of piperidine rings is 1. The summed E-state index contributed by atoms with van der Waals surface area (Å²) >= 11 is 0. The fraction of sp³-hybridized carbons (Fsp3) is 0.467. The van der Waals surface area contributed by atoms with E-state index >= 15 is 0 Å². The van der Waals surface area contributed by atoms with Crippen molar-refractivity contribution in [2.24, 2.45) is 11.8 Å². The van der Waals surface area contributed by atoms with E-state index < -0.39 is 0 Å². The number of carbonyl (C=O) groups is 1. The van der Waals surface area contributed by atoms with Gasteiger partial charge >= 0.3 is 0 Å². The van der Waals surface area contributed by atoms with Gasteiger partial charge in [0, 0.05) is 18.7 Å². The maximum atomic E-state index is 12.4. The van der Waals surface area contributed by atoms with Crippen molar-refractivity contribution >= 4 is 18.3 Å². The van der Waals surface area contributed by atoms with Gasteiger partial charge in [0.1, 0.15) is 0 Å². The Labute approximate surface area is 125 Å². The van der Waals surface area contributed by atoms with Crippen LogP contribution in [-0.4, -0.2) is 37.0 Å². The summed E-state index contributed by atoms with van der Waals surface area (Å²) in [6.45, 7) is 3.84. The van der Waals surface area contributed by atoms with Gasteiger partial charge in [-0.1, -0.05) is 0 Å². The molecule has 4 nitrogen and oxygen atoms in total. The van der Waals surface area contributed by atoms with E-state index in [-0.39, 0.29) is 18.3 Å². The van der Waals surface area contributed by atoms with Crippen LogP contribution in [0.25, 0.3) is 0 Å². The van der Waals surface area contributed by atoms with Crippen LogP contribution in [0.1, 0.15) is 22.3 Å². The SMILES string of the molecule is Cl.N#Cc1ccc(C(=O)N2CCC3CNCC3C2)cc1. The second-order valence-corrected chi connectivity index (χ2v) is 5.41. The number of nitrogens with one attached hydrogen (secondary N) is 1. The average molecular weight is 292 g/mol. The van der Waals surface area contributed by atoms with Gasteiger partial charge in [-0.2, -0.15) is 5.26 Å². The summed E-state index contributed by atoms with van der Waals surface area (Å²) in [5.41, 5.74) is 1.28. The quantitative estimate of drug-likeness (QED) is 0.856. The number of halogens is 1. The van der Waals surface area contributed by atoms with E-state index in [4.69, 9.17) is 5.26 Å². The molecule has 0 aromatic heterocycles. The van der Waals surface area contributed by atoms with Crippen LogP contribution < -0.4 is 5.32 Å². The van der Waals surface area contributed by atoms with Crippen LogP contribution in [-0.2, 0) is 0 Å². The molecule has 1 aromatic carbocycles. The van der Waals surface area contributed by atoms with Gasteiger partial charge in [0.15, 0.2) is 0 Å². The first-order valence-corrected chi connectivity index (χ1v) is 6.78. The van der Waals surface area contributed by atoms with E-state index in [2.05, 4.69) is 11.4 Å². The lowest BCUT2D eigenvalue weighted by Crippen LogP contribution is -2.43. The average Bonchev–Trinajstić information content (AvgIpc) is 2.94. The number of hydrogen-bond donors (Lipinski definition) is 1. The van der Waals surface area contributed by atoms with Crippen LogP contribution in [0.15, 0.2) is 24.3 Å². The van der Waals surface area contributed by atoms with Gasteiger partial charge in [0.2, 0.25) is 0 Å². The molecule has 1 aromatic rings. The zero-order chi connectivity index (χ0) is 13.2. The largest absolute Gasteiger partial charge is 0.338 e. The molecule has 2 aliphatic rings. The normalized spacial score (nSPS) is 24.4. The Morgan fingerprint density at radius 1 is 1.25 bits per heavy atom. The van der Waals surface area contributed by atoms with E-state index in [0.717, 1.165) is 38.5 Å². The minimum atomic E-state index is 0. The highest BCUT2D eigenvalue weighted by Gasteiger charge is 2.34. The molecule has 0 spiro atoms. The third-order valence-electron chi connectivity index (χ3n) is 4.25. The summed E-state index contributed by atoms with van der Waals surface area (Å²) in [6.07, 6.45) is 1.10. The Balaban J connectivity index is 0.00000147. The van der Waals surface area contributed by atoms with E-state index in [0.29, 0.717) is 17.0 Å². The fourth-order valence-corrected chi connectivity index (χ4v) is 3.09. The minimum absolute atomic E-state index is 0. The van der Waals surface area contributed by atoms with Crippen molar-refractivity contribution in [2.75, 3.05) is 26.2 Å². The van der Waals surface area contributed by atoms with Crippen molar-refractivity contribution < 1.29 is 4.79 Å². The second kappa shape index (κ2) is 6.25. The topological polar surface area (TPSA) is 56.1 Å². The van der Waals surface area contributed by atoms with Crippen molar-refractivity contribution in [1.29, 1.82) is 5.26 Å². The highest BCUT2D eigenvalue weighted by atomic mass is 35.5. The van der Waals surface area contributed by atoms with Crippen LogP contribution in [0.5, 0.6) is 0 Å². The molecule has 1 N–H and O–H groups in total. The Hall–Kier alpha value is -1.57. The molecule has 0 saturated carbocycles. The minimum Gasteiger partial charge on any atom is -0.338 e. The predicted molar refractivity (Wildman–Crippen MR) is 78.8 cm³/mol. The highest BCUT2D eigenvalue weighted by Crippen LogP contribution is 2.27. The smallest absolute Gasteiger partial charge is 0.253 e. The van der Waals surface area contributed by atoms with Crippen LogP contribution in [0.2, 0.25) is 0 Å². The zero-order valence-electron chi connectivity index (χ0n) is 11.2. The number of benzene rings is 1. The number of carbonyl (C=O) groups excluding carboxylic acids is 1. The van der Waals surface area contributed by atoms with Crippen molar-refractivity contribution in [2.45, 2.75) is 6.42 Å². The molecule has 1 amide bonds. The number of amides is 1. The summed E-state index contributed by atoms with van der Waals surface area (Å²) in [5.74, 6) is 1.44. The highest BCUT2D eigenvalue weighted by molar-refractivity contribution is 5.94. The summed E-state index contributed by atoms with van der Waals surface area (Å²) in [5, 5.41) is 12.2. The molecule has 0 radical (unpaired) electrons. The maximum absolute atomic E-state index is 12.4. The Morgan fingerprint density at radius 2 is 1.95 bits per heavy atom. The molecule has 2 unspecified atom stereocenters. The predicted octanol–water partition coefficient (Wildman–Crippen LogP) is 1.66. The van der Waals surface area contributed by atoms with Crippen LogP contribution in [0.4, 0.5) is 0 Å². The Kier molecular flexibility index (Phi) is 4.64. The van der Waals surface area contributed by atoms with Gasteiger partial charge in [-0.05, 0) is 55.6 Å². The van der Waals surface area contributed by atoms with Gasteiger partial charge in [-0.25, -0.2) is 0 Å².